The van der Waals surface area contributed by atoms with Crippen molar-refractivity contribution in [1.29, 1.82) is 0 Å². The van der Waals surface area contributed by atoms with Gasteiger partial charge in [0, 0.05) is 14.6 Å². The molecule has 6 heteroatoms. The van der Waals surface area contributed by atoms with Crippen molar-refractivity contribution in [2.45, 2.75) is 70.6 Å². The largest absolute Gasteiger partial charge is 0.458 e. The molecule has 0 N–H and O–H groups in total. The van der Waals surface area contributed by atoms with E-state index in [4.69, 9.17) is 9.47 Å². The van der Waals surface area contributed by atoms with E-state index in [0.29, 0.717) is 13.0 Å². The highest BCUT2D eigenvalue weighted by atomic mass is 28.3. The first kappa shape index (κ1) is 20.5. The molecule has 1 aromatic rings. The van der Waals surface area contributed by atoms with Crippen LogP contribution < -0.4 is 0 Å². The van der Waals surface area contributed by atoms with Crippen LogP contribution in [-0.4, -0.2) is 43.2 Å². The lowest BCUT2D eigenvalue weighted by Crippen LogP contribution is -2.45. The minimum absolute atomic E-state index is 0.207. The molecule has 1 saturated heterocycles. The summed E-state index contributed by atoms with van der Waals surface area (Å²) in [5.41, 5.74) is 0.416. The maximum atomic E-state index is 12.7. The molecular formula is C20H31NO4Si. The highest BCUT2D eigenvalue weighted by Gasteiger charge is 2.39. The van der Waals surface area contributed by atoms with Crippen molar-refractivity contribution in [1.82, 2.24) is 4.90 Å². The molecule has 1 aliphatic rings. The molecule has 1 atom stereocenters. The average Bonchev–Trinajstić information content (AvgIpc) is 3.00. The zero-order valence-corrected chi connectivity index (χ0v) is 17.6. The standard InChI is InChI=1S/C20H31NO4Si/c1-20(2,15-26(3,4)5)25-18(22)17-12-9-13-21(17)19(23)24-14-16-10-7-6-8-11-16/h6-8,10-11,17H,9,12-15H2,1-5H3/t17-/m0/s1. The van der Waals surface area contributed by atoms with Gasteiger partial charge in [-0.1, -0.05) is 50.0 Å². The van der Waals surface area contributed by atoms with Gasteiger partial charge in [0.25, 0.3) is 0 Å². The highest BCUT2D eigenvalue weighted by molar-refractivity contribution is 6.76. The Kier molecular flexibility index (Phi) is 6.50. The predicted octanol–water partition coefficient (Wildman–Crippen LogP) is 4.45. The van der Waals surface area contributed by atoms with Crippen LogP contribution in [0.5, 0.6) is 0 Å². The molecule has 1 fully saturated rings. The molecule has 2 rings (SSSR count). The summed E-state index contributed by atoms with van der Waals surface area (Å²) in [5.74, 6) is -0.317. The Morgan fingerprint density at radius 1 is 1.19 bits per heavy atom. The Balaban J connectivity index is 1.93. The van der Waals surface area contributed by atoms with Gasteiger partial charge in [-0.2, -0.15) is 0 Å². The van der Waals surface area contributed by atoms with Gasteiger partial charge in [0.2, 0.25) is 0 Å². The van der Waals surface area contributed by atoms with Gasteiger partial charge in [-0.05, 0) is 38.3 Å². The molecule has 1 aromatic carbocycles. The van der Waals surface area contributed by atoms with Gasteiger partial charge in [0.1, 0.15) is 18.2 Å². The van der Waals surface area contributed by atoms with E-state index in [2.05, 4.69) is 19.6 Å². The second-order valence-corrected chi connectivity index (χ2v) is 14.3. The van der Waals surface area contributed by atoms with E-state index < -0.39 is 25.8 Å². The first-order chi connectivity index (χ1) is 12.1. The van der Waals surface area contributed by atoms with Crippen LogP contribution in [0.3, 0.4) is 0 Å². The molecule has 26 heavy (non-hydrogen) atoms. The van der Waals surface area contributed by atoms with Crippen molar-refractivity contribution in [3.63, 3.8) is 0 Å². The number of hydrogen-bond donors (Lipinski definition) is 0. The van der Waals surface area contributed by atoms with Crippen molar-refractivity contribution in [2.24, 2.45) is 0 Å². The first-order valence-electron chi connectivity index (χ1n) is 9.28. The van der Waals surface area contributed by atoms with Crippen molar-refractivity contribution in [3.05, 3.63) is 35.9 Å². The minimum atomic E-state index is -1.37. The summed E-state index contributed by atoms with van der Waals surface area (Å²) < 4.78 is 11.2. The lowest BCUT2D eigenvalue weighted by molar-refractivity contribution is -0.159. The summed E-state index contributed by atoms with van der Waals surface area (Å²) in [4.78, 5) is 26.6. The molecule has 1 heterocycles. The van der Waals surface area contributed by atoms with Crippen LogP contribution in [0, 0.1) is 0 Å². The van der Waals surface area contributed by atoms with E-state index in [1.54, 1.807) is 0 Å². The van der Waals surface area contributed by atoms with E-state index in [9.17, 15) is 9.59 Å². The van der Waals surface area contributed by atoms with E-state index in [1.807, 2.05) is 44.2 Å². The fourth-order valence-corrected chi connectivity index (χ4v) is 6.31. The normalized spacial score (nSPS) is 17.9. The minimum Gasteiger partial charge on any atom is -0.458 e. The van der Waals surface area contributed by atoms with Crippen LogP contribution in [-0.2, 0) is 20.9 Å². The zero-order chi connectivity index (χ0) is 19.4. The van der Waals surface area contributed by atoms with Crippen LogP contribution in [0.4, 0.5) is 4.79 Å². The van der Waals surface area contributed by atoms with Gasteiger partial charge in [0.05, 0.1) is 0 Å². The van der Waals surface area contributed by atoms with Crippen molar-refractivity contribution >= 4 is 20.1 Å². The molecular weight excluding hydrogens is 346 g/mol. The van der Waals surface area contributed by atoms with Gasteiger partial charge in [0.15, 0.2) is 0 Å². The number of rotatable bonds is 6. The molecule has 0 aliphatic carbocycles. The van der Waals surface area contributed by atoms with Crippen molar-refractivity contribution in [3.8, 4) is 0 Å². The van der Waals surface area contributed by atoms with Crippen LogP contribution in [0.25, 0.3) is 0 Å². The Bertz CT molecular complexity index is 624. The maximum Gasteiger partial charge on any atom is 0.410 e. The van der Waals surface area contributed by atoms with Crippen LogP contribution in [0.15, 0.2) is 30.3 Å². The lowest BCUT2D eigenvalue weighted by Gasteiger charge is -2.33. The fourth-order valence-electron chi connectivity index (χ4n) is 3.69. The number of carbonyl (C=O) groups is 2. The van der Waals surface area contributed by atoms with Gasteiger partial charge < -0.3 is 9.47 Å². The van der Waals surface area contributed by atoms with Gasteiger partial charge in [-0.25, -0.2) is 9.59 Å². The SMILES string of the molecule is CC(C)(C[Si](C)(C)C)OC(=O)[C@@H]1CCCN1C(=O)OCc1ccccc1. The molecule has 5 nitrogen and oxygen atoms in total. The summed E-state index contributed by atoms with van der Waals surface area (Å²) in [7, 11) is -1.37. The summed E-state index contributed by atoms with van der Waals surface area (Å²) in [6.45, 7) is 11.4. The third kappa shape index (κ3) is 6.16. The Morgan fingerprint density at radius 2 is 1.85 bits per heavy atom. The zero-order valence-electron chi connectivity index (χ0n) is 16.6. The summed E-state index contributed by atoms with van der Waals surface area (Å²) in [6.07, 6.45) is 0.966. The molecule has 1 amide bonds. The first-order valence-corrected chi connectivity index (χ1v) is 13.0. The predicted molar refractivity (Wildman–Crippen MR) is 105 cm³/mol. The molecule has 0 aromatic heterocycles. The third-order valence-corrected chi connectivity index (χ3v) is 6.21. The maximum absolute atomic E-state index is 12.7. The summed E-state index contributed by atoms with van der Waals surface area (Å²) in [6, 6.07) is 9.87. The van der Waals surface area contributed by atoms with Crippen molar-refractivity contribution in [2.75, 3.05) is 6.54 Å². The van der Waals surface area contributed by atoms with E-state index in [1.165, 1.54) is 4.90 Å². The molecule has 0 radical (unpaired) electrons. The Labute approximate surface area is 157 Å². The molecule has 0 unspecified atom stereocenters. The lowest BCUT2D eigenvalue weighted by atomic mass is 10.1. The number of likely N-dealkylation sites (tertiary alicyclic amines) is 1. The number of hydrogen-bond acceptors (Lipinski definition) is 4. The van der Waals surface area contributed by atoms with Crippen LogP contribution >= 0.6 is 0 Å². The highest BCUT2D eigenvalue weighted by Crippen LogP contribution is 2.27. The molecule has 0 saturated carbocycles. The number of benzene rings is 1. The van der Waals surface area contributed by atoms with Gasteiger partial charge in [-0.15, -0.1) is 0 Å². The fraction of sp³-hybridized carbons (Fsp3) is 0.600. The van der Waals surface area contributed by atoms with E-state index in [-0.39, 0.29) is 12.6 Å². The number of carbonyl (C=O) groups excluding carboxylic acids is 2. The van der Waals surface area contributed by atoms with Crippen LogP contribution in [0.2, 0.25) is 25.7 Å². The average molecular weight is 378 g/mol. The number of nitrogens with zero attached hydrogens (tertiary/aromatic N) is 1. The second-order valence-electron chi connectivity index (χ2n) is 8.81. The molecule has 1 aliphatic heterocycles. The van der Waals surface area contributed by atoms with E-state index in [0.717, 1.165) is 18.0 Å². The third-order valence-electron chi connectivity index (χ3n) is 4.30. The van der Waals surface area contributed by atoms with E-state index >= 15 is 0 Å². The van der Waals surface area contributed by atoms with Gasteiger partial charge in [-0.3, -0.25) is 4.90 Å². The Hall–Kier alpha value is -1.82. The topological polar surface area (TPSA) is 55.8 Å². The summed E-state index contributed by atoms with van der Waals surface area (Å²) >= 11 is 0. The number of ether oxygens (including phenoxy) is 2. The molecule has 144 valence electrons. The van der Waals surface area contributed by atoms with Gasteiger partial charge >= 0.3 is 12.1 Å². The number of amides is 1. The summed E-state index contributed by atoms with van der Waals surface area (Å²) in [5, 5.41) is 0. The van der Waals surface area contributed by atoms with Crippen LogP contribution in [0.1, 0.15) is 32.3 Å². The smallest absolute Gasteiger partial charge is 0.410 e. The monoisotopic (exact) mass is 377 g/mol. The Morgan fingerprint density at radius 3 is 2.46 bits per heavy atom. The molecule has 0 spiro atoms. The molecule has 0 bridgehead atoms. The quantitative estimate of drug-likeness (QED) is 0.543. The van der Waals surface area contributed by atoms with Crippen molar-refractivity contribution < 1.29 is 19.1 Å². The number of esters is 1. The second kappa shape index (κ2) is 8.25.